The summed E-state index contributed by atoms with van der Waals surface area (Å²) in [6.07, 6.45) is 6.43. The molecule has 0 saturated heterocycles. The molecule has 2 rings (SSSR count). The Morgan fingerprint density at radius 1 is 1.28 bits per heavy atom. The Kier molecular flexibility index (Phi) is 3.64. The summed E-state index contributed by atoms with van der Waals surface area (Å²) < 4.78 is 0. The Labute approximate surface area is 108 Å². The van der Waals surface area contributed by atoms with E-state index >= 15 is 0 Å². The minimum atomic E-state index is -0.460. The molecule has 0 aliphatic rings. The molecule has 0 aliphatic heterocycles. The van der Waals surface area contributed by atoms with Crippen LogP contribution in [0.15, 0.2) is 36.8 Å². The van der Waals surface area contributed by atoms with Gasteiger partial charge in [-0.1, -0.05) is 17.7 Å². The lowest BCUT2D eigenvalue weighted by Gasteiger charge is -1.98. The third-order valence-electron chi connectivity index (χ3n) is 2.23. The SMILES string of the molecule is O=[N+]([O-])c1ccc(Cl)c(/C=C/c2ccncn2)c1. The minimum Gasteiger partial charge on any atom is -0.258 e. The molecular weight excluding hydrogens is 254 g/mol. The van der Waals surface area contributed by atoms with Crippen molar-refractivity contribution in [3.8, 4) is 0 Å². The van der Waals surface area contributed by atoms with Crippen molar-refractivity contribution in [3.63, 3.8) is 0 Å². The van der Waals surface area contributed by atoms with Crippen LogP contribution in [-0.2, 0) is 0 Å². The van der Waals surface area contributed by atoms with E-state index in [1.54, 1.807) is 24.4 Å². The second-order valence-electron chi connectivity index (χ2n) is 3.43. The monoisotopic (exact) mass is 261 g/mol. The van der Waals surface area contributed by atoms with E-state index in [1.165, 1.54) is 24.5 Å². The van der Waals surface area contributed by atoms with E-state index in [9.17, 15) is 10.1 Å². The summed E-state index contributed by atoms with van der Waals surface area (Å²) in [5, 5.41) is 11.1. The van der Waals surface area contributed by atoms with Crippen molar-refractivity contribution in [2.75, 3.05) is 0 Å². The molecule has 1 heterocycles. The van der Waals surface area contributed by atoms with Gasteiger partial charge < -0.3 is 0 Å². The molecule has 6 heteroatoms. The van der Waals surface area contributed by atoms with Gasteiger partial charge in [0.25, 0.3) is 5.69 Å². The lowest BCUT2D eigenvalue weighted by molar-refractivity contribution is -0.384. The highest BCUT2D eigenvalue weighted by atomic mass is 35.5. The largest absolute Gasteiger partial charge is 0.270 e. The molecule has 0 N–H and O–H groups in total. The number of rotatable bonds is 3. The zero-order valence-electron chi connectivity index (χ0n) is 9.15. The molecule has 0 bridgehead atoms. The highest BCUT2D eigenvalue weighted by Gasteiger charge is 2.07. The van der Waals surface area contributed by atoms with Gasteiger partial charge in [0.2, 0.25) is 0 Å². The van der Waals surface area contributed by atoms with E-state index in [1.807, 2.05) is 0 Å². The third kappa shape index (κ3) is 2.89. The number of nitrogens with zero attached hydrogens (tertiary/aromatic N) is 3. The number of nitro groups is 1. The summed E-state index contributed by atoms with van der Waals surface area (Å²) in [6.45, 7) is 0. The fourth-order valence-corrected chi connectivity index (χ4v) is 1.53. The summed E-state index contributed by atoms with van der Waals surface area (Å²) in [4.78, 5) is 18.0. The van der Waals surface area contributed by atoms with Gasteiger partial charge in [0.05, 0.1) is 10.6 Å². The average molecular weight is 262 g/mol. The maximum Gasteiger partial charge on any atom is 0.270 e. The average Bonchev–Trinajstić information content (AvgIpc) is 2.38. The summed E-state index contributed by atoms with van der Waals surface area (Å²) in [7, 11) is 0. The summed E-state index contributed by atoms with van der Waals surface area (Å²) in [5.74, 6) is 0. The van der Waals surface area contributed by atoms with Crippen molar-refractivity contribution < 1.29 is 4.92 Å². The van der Waals surface area contributed by atoms with Crippen molar-refractivity contribution in [2.24, 2.45) is 0 Å². The molecule has 0 saturated carbocycles. The van der Waals surface area contributed by atoms with Gasteiger partial charge >= 0.3 is 0 Å². The third-order valence-corrected chi connectivity index (χ3v) is 2.57. The van der Waals surface area contributed by atoms with Crippen LogP contribution < -0.4 is 0 Å². The van der Waals surface area contributed by atoms with Gasteiger partial charge in [-0.2, -0.15) is 0 Å². The Morgan fingerprint density at radius 2 is 2.11 bits per heavy atom. The molecule has 0 aliphatic carbocycles. The molecule has 0 radical (unpaired) electrons. The minimum absolute atomic E-state index is 0.00161. The molecule has 0 unspecified atom stereocenters. The van der Waals surface area contributed by atoms with Gasteiger partial charge in [-0.05, 0) is 23.8 Å². The van der Waals surface area contributed by atoms with Crippen molar-refractivity contribution in [2.45, 2.75) is 0 Å². The second kappa shape index (κ2) is 5.37. The van der Waals surface area contributed by atoms with E-state index in [-0.39, 0.29) is 5.69 Å². The lowest BCUT2D eigenvalue weighted by atomic mass is 10.1. The number of hydrogen-bond donors (Lipinski definition) is 0. The smallest absolute Gasteiger partial charge is 0.258 e. The molecule has 1 aromatic heterocycles. The number of non-ortho nitro benzene ring substituents is 1. The predicted molar refractivity (Wildman–Crippen MR) is 69.1 cm³/mol. The van der Waals surface area contributed by atoms with Gasteiger partial charge in [0, 0.05) is 23.4 Å². The van der Waals surface area contributed by atoms with Crippen molar-refractivity contribution in [3.05, 3.63) is 63.2 Å². The van der Waals surface area contributed by atoms with Crippen LogP contribution in [0.4, 0.5) is 5.69 Å². The van der Waals surface area contributed by atoms with Crippen LogP contribution in [0.5, 0.6) is 0 Å². The van der Waals surface area contributed by atoms with E-state index in [2.05, 4.69) is 9.97 Å². The standard InChI is InChI=1S/C12H8ClN3O2/c13-12-4-3-11(16(17)18)7-9(12)1-2-10-5-6-14-8-15-10/h1-8H/b2-1+. The first-order valence-electron chi connectivity index (χ1n) is 5.05. The fourth-order valence-electron chi connectivity index (χ4n) is 1.35. The van der Waals surface area contributed by atoms with Crippen LogP contribution >= 0.6 is 11.6 Å². The highest BCUT2D eigenvalue weighted by molar-refractivity contribution is 6.32. The van der Waals surface area contributed by atoms with Gasteiger partial charge in [-0.3, -0.25) is 10.1 Å². The quantitative estimate of drug-likeness (QED) is 0.628. The van der Waals surface area contributed by atoms with Crippen LogP contribution in [0.25, 0.3) is 12.2 Å². The normalized spacial score (nSPS) is 10.7. The lowest BCUT2D eigenvalue weighted by Crippen LogP contribution is -1.88. The van der Waals surface area contributed by atoms with E-state index in [4.69, 9.17) is 11.6 Å². The zero-order chi connectivity index (χ0) is 13.0. The van der Waals surface area contributed by atoms with Crippen molar-refractivity contribution in [1.82, 2.24) is 9.97 Å². The molecule has 18 heavy (non-hydrogen) atoms. The highest BCUT2D eigenvalue weighted by Crippen LogP contribution is 2.23. The van der Waals surface area contributed by atoms with Crippen LogP contribution in [0.3, 0.4) is 0 Å². The maximum atomic E-state index is 10.7. The molecular formula is C12H8ClN3O2. The van der Waals surface area contributed by atoms with Gasteiger partial charge in [-0.25, -0.2) is 9.97 Å². The topological polar surface area (TPSA) is 68.9 Å². The fraction of sp³-hybridized carbons (Fsp3) is 0. The van der Waals surface area contributed by atoms with Gasteiger partial charge in [0.15, 0.2) is 0 Å². The summed E-state index contributed by atoms with van der Waals surface area (Å²) >= 11 is 5.96. The van der Waals surface area contributed by atoms with Crippen molar-refractivity contribution in [1.29, 1.82) is 0 Å². The Morgan fingerprint density at radius 3 is 2.78 bits per heavy atom. The van der Waals surface area contributed by atoms with Gasteiger partial charge in [0.1, 0.15) is 6.33 Å². The number of halogens is 1. The second-order valence-corrected chi connectivity index (χ2v) is 3.84. The Hall–Kier alpha value is -2.27. The molecule has 1 aromatic carbocycles. The Balaban J connectivity index is 2.31. The number of aromatic nitrogens is 2. The van der Waals surface area contributed by atoms with Crippen LogP contribution in [0, 0.1) is 10.1 Å². The van der Waals surface area contributed by atoms with Crippen molar-refractivity contribution >= 4 is 29.4 Å². The van der Waals surface area contributed by atoms with E-state index < -0.39 is 4.92 Å². The molecule has 90 valence electrons. The summed E-state index contributed by atoms with van der Waals surface area (Å²) in [5.41, 5.74) is 1.28. The van der Waals surface area contributed by atoms with Crippen LogP contribution in [0.2, 0.25) is 5.02 Å². The zero-order valence-corrected chi connectivity index (χ0v) is 9.91. The first-order chi connectivity index (χ1) is 8.66. The predicted octanol–water partition coefficient (Wildman–Crippen LogP) is 3.21. The van der Waals surface area contributed by atoms with E-state index in [0.717, 1.165) is 0 Å². The molecule has 0 atom stereocenters. The van der Waals surface area contributed by atoms with Crippen LogP contribution in [-0.4, -0.2) is 14.9 Å². The molecule has 2 aromatic rings. The van der Waals surface area contributed by atoms with Gasteiger partial charge in [-0.15, -0.1) is 0 Å². The molecule has 0 spiro atoms. The number of hydrogen-bond acceptors (Lipinski definition) is 4. The van der Waals surface area contributed by atoms with E-state index in [0.29, 0.717) is 16.3 Å². The first-order valence-corrected chi connectivity index (χ1v) is 5.42. The maximum absolute atomic E-state index is 10.7. The molecule has 0 amide bonds. The summed E-state index contributed by atoms with van der Waals surface area (Å²) in [6, 6.07) is 6.01. The molecule has 0 fully saturated rings. The first kappa shape index (κ1) is 12.2. The van der Waals surface area contributed by atoms with Crippen LogP contribution in [0.1, 0.15) is 11.3 Å². The number of nitro benzene ring substituents is 1. The molecule has 5 nitrogen and oxygen atoms in total. The Bertz CT molecular complexity index is 600. The number of benzene rings is 1.